The van der Waals surface area contributed by atoms with Crippen molar-refractivity contribution in [2.75, 3.05) is 13.7 Å². The van der Waals surface area contributed by atoms with Gasteiger partial charge in [-0.15, -0.1) is 22.7 Å². The van der Waals surface area contributed by atoms with Gasteiger partial charge in [0, 0.05) is 24.2 Å². The van der Waals surface area contributed by atoms with Gasteiger partial charge < -0.3 is 46.1 Å². The molecule has 4 aromatic carbocycles. The molecule has 0 spiro atoms. The Labute approximate surface area is 376 Å². The molecule has 6 rings (SSSR count). The molecule has 0 unspecified atom stereocenters. The number of hydrogen-bond donors (Lipinski definition) is 7. The summed E-state index contributed by atoms with van der Waals surface area (Å²) in [6.45, 7) is 5.25. The number of phenolic OH excluding ortho intramolecular Hbond substituents is 2. The van der Waals surface area contributed by atoms with Crippen molar-refractivity contribution < 1.29 is 53.6 Å². The van der Waals surface area contributed by atoms with Crippen molar-refractivity contribution in [2.45, 2.75) is 45.5 Å². The van der Waals surface area contributed by atoms with E-state index in [1.807, 2.05) is 36.4 Å². The van der Waals surface area contributed by atoms with Crippen molar-refractivity contribution in [1.82, 2.24) is 21.3 Å². The molecule has 7 N–H and O–H groups in total. The molecule has 15 nitrogen and oxygen atoms in total. The quantitative estimate of drug-likeness (QED) is 0.0527. The number of carbonyl (C=O) groups excluding carboxylic acids is 5. The van der Waals surface area contributed by atoms with Crippen LogP contribution in [0.4, 0.5) is 4.79 Å². The first-order valence-electron chi connectivity index (χ1n) is 19.6. The molecule has 4 amide bonds. The third-order valence-electron chi connectivity index (χ3n) is 8.85. The summed E-state index contributed by atoms with van der Waals surface area (Å²) in [4.78, 5) is 75.6. The molecule has 17 heteroatoms. The van der Waals surface area contributed by atoms with Gasteiger partial charge in [-0.2, -0.15) is 0 Å². The van der Waals surface area contributed by atoms with Crippen LogP contribution in [0.25, 0.3) is 22.3 Å². The number of thiophene rings is 2. The summed E-state index contributed by atoms with van der Waals surface area (Å²) in [5.74, 6) is -2.98. The number of ether oxygens (including phenoxy) is 2. The van der Waals surface area contributed by atoms with Gasteiger partial charge in [0.05, 0.1) is 23.4 Å². The molecular formula is C47H46N4O11S2. The van der Waals surface area contributed by atoms with E-state index >= 15 is 0 Å². The van der Waals surface area contributed by atoms with Crippen molar-refractivity contribution in [3.8, 4) is 33.8 Å². The lowest BCUT2D eigenvalue weighted by Crippen LogP contribution is -2.49. The van der Waals surface area contributed by atoms with Crippen molar-refractivity contribution >= 4 is 58.4 Å². The molecule has 0 bridgehead atoms. The molecule has 0 fully saturated rings. The summed E-state index contributed by atoms with van der Waals surface area (Å²) < 4.78 is 9.99. The number of amides is 4. The molecule has 0 saturated heterocycles. The molecule has 0 aliphatic heterocycles. The zero-order valence-electron chi connectivity index (χ0n) is 35.2. The van der Waals surface area contributed by atoms with E-state index in [0.29, 0.717) is 27.1 Å². The fourth-order valence-corrected chi connectivity index (χ4v) is 7.86. The van der Waals surface area contributed by atoms with Crippen molar-refractivity contribution in [3.63, 3.8) is 0 Å². The molecule has 0 radical (unpaired) electrons. The van der Waals surface area contributed by atoms with E-state index in [4.69, 9.17) is 9.47 Å². The number of aromatic carboxylic acids is 1. The molecule has 1 atom stereocenters. The number of hydrogen-bond acceptors (Lipinski definition) is 12. The number of carbonyl (C=O) groups is 6. The van der Waals surface area contributed by atoms with Crippen LogP contribution in [-0.2, 0) is 27.4 Å². The lowest BCUT2D eigenvalue weighted by Gasteiger charge is -2.21. The van der Waals surface area contributed by atoms with Crippen LogP contribution >= 0.6 is 22.7 Å². The predicted molar refractivity (Wildman–Crippen MR) is 243 cm³/mol. The smallest absolute Gasteiger partial charge is 0.407 e. The third-order valence-corrected chi connectivity index (χ3v) is 11.1. The highest BCUT2D eigenvalue weighted by Crippen LogP contribution is 2.33. The highest BCUT2D eigenvalue weighted by atomic mass is 32.1. The van der Waals surface area contributed by atoms with E-state index in [0.717, 1.165) is 33.8 Å². The molecule has 6 aromatic rings. The standard InChI is InChI=1S/C28H31N3O7S.C19H15NO4S/c1-28(2,3)38-27(36)30-16-21(26(35)37-4)31-25(34)23-20(18-10-6-5-7-11-18)14-22(39-23)24(33)29-15-17-9-8-12-19(32)13-17;21-14-8-4-5-12(9-14)11-20-18(22)16-10-15(17(25-16)19(23)24)13-6-2-1-3-7-13/h5-14,21,32H,15-16H2,1-4H3,(H,29,33)(H,30,36)(H,31,34);1-10,21H,11H2,(H,20,22)(H,23,24)/t21-;/m0./s1. The summed E-state index contributed by atoms with van der Waals surface area (Å²) >= 11 is 1.91. The number of carboxylic acid groups (broad SMARTS) is 1. The normalized spacial score (nSPS) is 11.2. The number of alkyl carbamates (subject to hydrolysis) is 1. The lowest BCUT2D eigenvalue weighted by atomic mass is 10.1. The number of esters is 1. The van der Waals surface area contributed by atoms with Crippen molar-refractivity contribution in [3.05, 3.63) is 152 Å². The van der Waals surface area contributed by atoms with Crippen LogP contribution < -0.4 is 21.3 Å². The van der Waals surface area contributed by atoms with E-state index in [1.165, 1.54) is 13.2 Å². The Morgan fingerprint density at radius 3 is 1.52 bits per heavy atom. The summed E-state index contributed by atoms with van der Waals surface area (Å²) in [5, 5.41) is 39.1. The Balaban J connectivity index is 0.000000264. The second-order valence-electron chi connectivity index (χ2n) is 14.9. The minimum absolute atomic E-state index is 0.0875. The second kappa shape index (κ2) is 22.0. The topological polar surface area (TPSA) is 230 Å². The summed E-state index contributed by atoms with van der Waals surface area (Å²) in [7, 11) is 1.17. The molecule has 332 valence electrons. The van der Waals surface area contributed by atoms with Gasteiger partial charge in [0.15, 0.2) is 0 Å². The Hall–Kier alpha value is -7.50. The maximum Gasteiger partial charge on any atom is 0.407 e. The van der Waals surface area contributed by atoms with Gasteiger partial charge in [0.1, 0.15) is 32.9 Å². The molecule has 0 aliphatic carbocycles. The van der Waals surface area contributed by atoms with Gasteiger partial charge in [-0.05, 0) is 79.4 Å². The van der Waals surface area contributed by atoms with Gasteiger partial charge >= 0.3 is 18.0 Å². The van der Waals surface area contributed by atoms with E-state index in [-0.39, 0.29) is 51.7 Å². The predicted octanol–water partition coefficient (Wildman–Crippen LogP) is 7.60. The minimum atomic E-state index is -1.20. The first kappa shape index (κ1) is 47.5. The number of phenols is 2. The Morgan fingerprint density at radius 2 is 1.08 bits per heavy atom. The van der Waals surface area contributed by atoms with Gasteiger partial charge in [-0.25, -0.2) is 14.4 Å². The molecule has 2 heterocycles. The maximum absolute atomic E-state index is 13.4. The largest absolute Gasteiger partial charge is 0.508 e. The van der Waals surface area contributed by atoms with Gasteiger partial charge in [-0.1, -0.05) is 84.9 Å². The van der Waals surface area contributed by atoms with Crippen LogP contribution in [0.2, 0.25) is 0 Å². The number of rotatable bonds is 14. The van der Waals surface area contributed by atoms with Crippen molar-refractivity contribution in [2.24, 2.45) is 0 Å². The number of carboxylic acids is 1. The molecule has 0 saturated carbocycles. The maximum atomic E-state index is 13.4. The van der Waals surface area contributed by atoms with Crippen molar-refractivity contribution in [1.29, 1.82) is 0 Å². The fourth-order valence-electron chi connectivity index (χ4n) is 5.93. The van der Waals surface area contributed by atoms with Crippen LogP contribution in [0.15, 0.2) is 121 Å². The number of benzene rings is 4. The van der Waals surface area contributed by atoms with Gasteiger partial charge in [0.25, 0.3) is 17.7 Å². The zero-order valence-corrected chi connectivity index (χ0v) is 36.8. The highest BCUT2D eigenvalue weighted by molar-refractivity contribution is 7.16. The van der Waals surface area contributed by atoms with Crippen LogP contribution in [0.3, 0.4) is 0 Å². The van der Waals surface area contributed by atoms with Crippen LogP contribution in [0, 0.1) is 0 Å². The van der Waals surface area contributed by atoms with E-state index in [9.17, 15) is 44.1 Å². The Kier molecular flexibility index (Phi) is 16.4. The molecule has 64 heavy (non-hydrogen) atoms. The summed E-state index contributed by atoms with van der Waals surface area (Å²) in [6, 6.07) is 33.2. The van der Waals surface area contributed by atoms with E-state index in [2.05, 4.69) is 21.3 Å². The fraction of sp³-hybridized carbons (Fsp3) is 0.191. The van der Waals surface area contributed by atoms with Gasteiger partial charge in [-0.3, -0.25) is 14.4 Å². The molecule has 0 aliphatic rings. The second-order valence-corrected chi connectivity index (χ2v) is 17.0. The van der Waals surface area contributed by atoms with E-state index < -0.39 is 41.5 Å². The number of methoxy groups -OCH3 is 1. The van der Waals surface area contributed by atoms with Gasteiger partial charge in [0.2, 0.25) is 0 Å². The molecule has 2 aromatic heterocycles. The monoisotopic (exact) mass is 906 g/mol. The molecular weight excluding hydrogens is 861 g/mol. The van der Waals surface area contributed by atoms with Crippen LogP contribution in [-0.4, -0.2) is 76.4 Å². The zero-order chi connectivity index (χ0) is 46.4. The highest BCUT2D eigenvalue weighted by Gasteiger charge is 2.28. The summed E-state index contributed by atoms with van der Waals surface area (Å²) in [6.07, 6.45) is -0.752. The average molecular weight is 907 g/mol. The average Bonchev–Trinajstić information content (AvgIpc) is 3.93. The first-order valence-corrected chi connectivity index (χ1v) is 21.2. The first-order chi connectivity index (χ1) is 30.5. The third kappa shape index (κ3) is 13.8. The Morgan fingerprint density at radius 1 is 0.609 bits per heavy atom. The summed E-state index contributed by atoms with van der Waals surface area (Å²) in [5.41, 5.74) is 3.21. The minimum Gasteiger partial charge on any atom is -0.508 e. The van der Waals surface area contributed by atoms with Crippen LogP contribution in [0.5, 0.6) is 11.5 Å². The van der Waals surface area contributed by atoms with E-state index in [1.54, 1.807) is 99.6 Å². The number of aromatic hydroxyl groups is 2. The SMILES string of the molecule is COC(=O)[C@H](CNC(=O)OC(C)(C)C)NC(=O)c1sc(C(=O)NCc2cccc(O)c2)cc1-c1ccccc1.O=C(NCc1cccc(O)c1)c1cc(-c2ccccc2)c(C(=O)O)s1. The van der Waals surface area contributed by atoms with Crippen LogP contribution in [0.1, 0.15) is 70.6 Å². The Bertz CT molecular complexity index is 2600. The number of nitrogens with one attached hydrogen (secondary N) is 4. The lowest BCUT2D eigenvalue weighted by molar-refractivity contribution is -0.142.